The largest absolute Gasteiger partial charge is 0.454 e. The maximum atomic E-state index is 7.57. The van der Waals surface area contributed by atoms with E-state index in [1.54, 1.807) is 12.3 Å². The summed E-state index contributed by atoms with van der Waals surface area (Å²) in [4.78, 5) is 4.17. The molecule has 1 aromatic carbocycles. The van der Waals surface area contributed by atoms with Crippen LogP contribution in [0.1, 0.15) is 16.8 Å². The molecule has 0 unspecified atom stereocenters. The lowest BCUT2D eigenvalue weighted by Crippen LogP contribution is -2.13. The summed E-state index contributed by atoms with van der Waals surface area (Å²) in [5.41, 5.74) is 7.90. The number of ether oxygens (including phenoxy) is 1. The van der Waals surface area contributed by atoms with Gasteiger partial charge in [-0.15, -0.1) is 0 Å². The summed E-state index contributed by atoms with van der Waals surface area (Å²) in [6, 6.07) is 9.21. The fraction of sp³-hybridized carbons (Fsp3) is 0.143. The quantitative estimate of drug-likeness (QED) is 0.641. The number of hydrogen-bond acceptors (Lipinski definition) is 3. The van der Waals surface area contributed by atoms with Gasteiger partial charge in [0.1, 0.15) is 17.3 Å². The molecule has 4 nitrogen and oxygen atoms in total. The SMILES string of the molecule is Cc1cccc(C(=N)N)c1Oc1cccnc1C. The van der Waals surface area contributed by atoms with E-state index in [9.17, 15) is 0 Å². The predicted octanol–water partition coefficient (Wildman–Crippen LogP) is 2.77. The highest BCUT2D eigenvalue weighted by Crippen LogP contribution is 2.29. The van der Waals surface area contributed by atoms with Crippen LogP contribution in [0, 0.1) is 19.3 Å². The van der Waals surface area contributed by atoms with Crippen LogP contribution in [-0.2, 0) is 0 Å². The lowest BCUT2D eigenvalue weighted by molar-refractivity contribution is 0.471. The molecule has 2 aromatic rings. The molecule has 0 amide bonds. The van der Waals surface area contributed by atoms with Gasteiger partial charge in [0, 0.05) is 6.20 Å². The topological polar surface area (TPSA) is 72.0 Å². The van der Waals surface area contributed by atoms with Gasteiger partial charge < -0.3 is 10.5 Å². The van der Waals surface area contributed by atoms with Crippen molar-refractivity contribution in [3.8, 4) is 11.5 Å². The molecule has 0 atom stereocenters. The minimum atomic E-state index is -0.00440. The lowest BCUT2D eigenvalue weighted by Gasteiger charge is -2.13. The number of aryl methyl sites for hydroxylation is 2. The molecule has 0 spiro atoms. The van der Waals surface area contributed by atoms with E-state index in [1.807, 2.05) is 38.1 Å². The second-order valence-electron chi connectivity index (χ2n) is 4.05. The van der Waals surface area contributed by atoms with Crippen molar-refractivity contribution in [1.82, 2.24) is 4.98 Å². The van der Waals surface area contributed by atoms with Gasteiger partial charge in [0.05, 0.1) is 11.3 Å². The Morgan fingerprint density at radius 1 is 1.22 bits per heavy atom. The zero-order chi connectivity index (χ0) is 13.1. The number of aromatic nitrogens is 1. The van der Waals surface area contributed by atoms with E-state index in [1.165, 1.54) is 0 Å². The molecule has 0 aliphatic carbocycles. The van der Waals surface area contributed by atoms with E-state index < -0.39 is 0 Å². The molecule has 1 heterocycles. The van der Waals surface area contributed by atoms with E-state index in [-0.39, 0.29) is 5.84 Å². The molecule has 0 bridgehead atoms. The average Bonchev–Trinajstić information content (AvgIpc) is 2.34. The lowest BCUT2D eigenvalue weighted by atomic mass is 10.1. The molecule has 2 rings (SSSR count). The molecule has 0 aliphatic heterocycles. The Bertz CT molecular complexity index is 593. The zero-order valence-corrected chi connectivity index (χ0v) is 10.4. The van der Waals surface area contributed by atoms with Crippen molar-refractivity contribution >= 4 is 5.84 Å². The van der Waals surface area contributed by atoms with Crippen molar-refractivity contribution in [3.63, 3.8) is 0 Å². The van der Waals surface area contributed by atoms with Gasteiger partial charge in [0.25, 0.3) is 0 Å². The van der Waals surface area contributed by atoms with Crippen molar-refractivity contribution in [2.45, 2.75) is 13.8 Å². The summed E-state index contributed by atoms with van der Waals surface area (Å²) in [6.07, 6.45) is 1.71. The first-order valence-corrected chi connectivity index (χ1v) is 5.63. The van der Waals surface area contributed by atoms with Crippen LogP contribution < -0.4 is 10.5 Å². The van der Waals surface area contributed by atoms with Crippen molar-refractivity contribution in [1.29, 1.82) is 5.41 Å². The third-order valence-corrected chi connectivity index (χ3v) is 2.67. The first-order valence-electron chi connectivity index (χ1n) is 5.63. The first kappa shape index (κ1) is 12.1. The second kappa shape index (κ2) is 4.87. The molecular weight excluding hydrogens is 226 g/mol. The molecule has 3 N–H and O–H groups in total. The van der Waals surface area contributed by atoms with E-state index in [0.717, 1.165) is 11.3 Å². The Hall–Kier alpha value is -2.36. The fourth-order valence-electron chi connectivity index (χ4n) is 1.69. The number of rotatable bonds is 3. The summed E-state index contributed by atoms with van der Waals surface area (Å²) in [6.45, 7) is 3.80. The summed E-state index contributed by atoms with van der Waals surface area (Å²) >= 11 is 0. The maximum absolute atomic E-state index is 7.57. The number of nitrogen functional groups attached to an aromatic ring is 1. The molecule has 4 heteroatoms. The van der Waals surface area contributed by atoms with Crippen molar-refractivity contribution in [2.24, 2.45) is 5.73 Å². The number of nitrogens with zero attached hydrogens (tertiary/aromatic N) is 1. The second-order valence-corrected chi connectivity index (χ2v) is 4.05. The molecule has 1 aromatic heterocycles. The smallest absolute Gasteiger partial charge is 0.148 e. The van der Waals surface area contributed by atoms with Crippen molar-refractivity contribution < 1.29 is 4.74 Å². The van der Waals surface area contributed by atoms with Crippen LogP contribution in [0.4, 0.5) is 0 Å². The minimum absolute atomic E-state index is 0.00440. The van der Waals surface area contributed by atoms with Crippen LogP contribution in [0.5, 0.6) is 11.5 Å². The van der Waals surface area contributed by atoms with Gasteiger partial charge >= 0.3 is 0 Å². The number of hydrogen-bond donors (Lipinski definition) is 2. The van der Waals surface area contributed by atoms with E-state index in [2.05, 4.69) is 4.98 Å². The molecule has 0 radical (unpaired) electrons. The number of nitrogens with two attached hydrogens (primary N) is 1. The number of amidine groups is 1. The zero-order valence-electron chi connectivity index (χ0n) is 10.4. The number of benzene rings is 1. The van der Waals surface area contributed by atoms with Gasteiger partial charge in [0.2, 0.25) is 0 Å². The number of pyridine rings is 1. The minimum Gasteiger partial charge on any atom is -0.454 e. The van der Waals surface area contributed by atoms with Crippen LogP contribution in [0.3, 0.4) is 0 Å². The van der Waals surface area contributed by atoms with Crippen molar-refractivity contribution in [2.75, 3.05) is 0 Å². The highest BCUT2D eigenvalue weighted by molar-refractivity contribution is 5.98. The normalized spacial score (nSPS) is 10.1. The number of para-hydroxylation sites is 1. The highest BCUT2D eigenvalue weighted by Gasteiger charge is 2.11. The molecule has 18 heavy (non-hydrogen) atoms. The van der Waals surface area contributed by atoms with Gasteiger partial charge in [-0.05, 0) is 37.6 Å². The van der Waals surface area contributed by atoms with Gasteiger partial charge in [-0.2, -0.15) is 0 Å². The highest BCUT2D eigenvalue weighted by atomic mass is 16.5. The first-order chi connectivity index (χ1) is 8.59. The van der Waals surface area contributed by atoms with Crippen LogP contribution in [-0.4, -0.2) is 10.8 Å². The van der Waals surface area contributed by atoms with E-state index in [0.29, 0.717) is 17.1 Å². The van der Waals surface area contributed by atoms with Gasteiger partial charge in [0.15, 0.2) is 0 Å². The Balaban J connectivity index is 2.46. The van der Waals surface area contributed by atoms with Gasteiger partial charge in [-0.25, -0.2) is 0 Å². The number of nitrogens with one attached hydrogen (secondary N) is 1. The summed E-state index contributed by atoms with van der Waals surface area (Å²) < 4.78 is 5.85. The Morgan fingerprint density at radius 3 is 2.67 bits per heavy atom. The third kappa shape index (κ3) is 2.32. The average molecular weight is 241 g/mol. The molecule has 0 aliphatic rings. The summed E-state index contributed by atoms with van der Waals surface area (Å²) in [5.74, 6) is 1.28. The molecule has 92 valence electrons. The Kier molecular flexibility index (Phi) is 3.28. The van der Waals surface area contributed by atoms with E-state index in [4.69, 9.17) is 15.9 Å². The molecular formula is C14H15N3O. The summed E-state index contributed by atoms with van der Waals surface area (Å²) in [7, 11) is 0. The van der Waals surface area contributed by atoms with Gasteiger partial charge in [-0.1, -0.05) is 12.1 Å². The Labute approximate surface area is 106 Å². The monoisotopic (exact) mass is 241 g/mol. The molecule has 0 saturated heterocycles. The van der Waals surface area contributed by atoms with E-state index >= 15 is 0 Å². The van der Waals surface area contributed by atoms with Crippen LogP contribution >= 0.6 is 0 Å². The predicted molar refractivity (Wildman–Crippen MR) is 71.2 cm³/mol. The van der Waals surface area contributed by atoms with Crippen LogP contribution in [0.15, 0.2) is 36.5 Å². The molecule has 0 fully saturated rings. The Morgan fingerprint density at radius 2 is 2.00 bits per heavy atom. The third-order valence-electron chi connectivity index (χ3n) is 2.67. The van der Waals surface area contributed by atoms with Crippen LogP contribution in [0.25, 0.3) is 0 Å². The van der Waals surface area contributed by atoms with Gasteiger partial charge in [-0.3, -0.25) is 10.4 Å². The fourth-order valence-corrected chi connectivity index (χ4v) is 1.69. The van der Waals surface area contributed by atoms with Crippen molar-refractivity contribution in [3.05, 3.63) is 53.3 Å². The summed E-state index contributed by atoms with van der Waals surface area (Å²) in [5, 5.41) is 7.57. The standard InChI is InChI=1S/C14H15N3O/c1-9-5-3-6-11(14(15)16)13(9)18-12-7-4-8-17-10(12)2/h3-8H,1-2H3,(H3,15,16). The van der Waals surface area contributed by atoms with Crippen LogP contribution in [0.2, 0.25) is 0 Å². The maximum Gasteiger partial charge on any atom is 0.148 e. The molecule has 0 saturated carbocycles.